The topological polar surface area (TPSA) is 57.4 Å². The van der Waals surface area contributed by atoms with E-state index in [9.17, 15) is 0 Å². The van der Waals surface area contributed by atoms with E-state index in [4.69, 9.17) is 9.97 Å². The first-order valence-electron chi connectivity index (χ1n) is 22.6. The van der Waals surface area contributed by atoms with Crippen molar-refractivity contribution in [3.8, 4) is 0 Å². The van der Waals surface area contributed by atoms with Gasteiger partial charge in [0.25, 0.3) is 0 Å². The fourth-order valence-corrected chi connectivity index (χ4v) is 11.4. The molecule has 0 atom stereocenters. The molecule has 11 aromatic rings. The standard InChI is InChI=1S/C58H46N4/c1-5-7-17-37-31(3)43-27-47-55-39-19-9-13-33-23-24-34-14-10-20-40(52(34)51(33)39)56(55)48(61-47)28-44-32(4)38(18-8-6-2)46(60-44)30-50-58-42-22-12-16-36-26-25-35-15-11-21-41(53(35)54(36)42)57(58)49(62-50)29-45(37)59-43/h9-16,19-30,61-62H,5-8,17-18H2,1-4H3. The second-order valence-corrected chi connectivity index (χ2v) is 17.9. The van der Waals surface area contributed by atoms with Gasteiger partial charge in [-0.25, -0.2) is 9.97 Å². The van der Waals surface area contributed by atoms with Crippen LogP contribution in [0, 0.1) is 0 Å². The number of nitrogens with one attached hydrogen (secondary N) is 2. The molecule has 5 heterocycles. The van der Waals surface area contributed by atoms with E-state index >= 15 is 0 Å². The number of nitrogens with zero attached hydrogens (tertiary/aromatic N) is 2. The Morgan fingerprint density at radius 1 is 0.371 bits per heavy atom. The lowest BCUT2D eigenvalue weighted by Gasteiger charge is -2.13. The van der Waals surface area contributed by atoms with Gasteiger partial charge in [-0.15, -0.1) is 0 Å². The molecule has 13 rings (SSSR count). The van der Waals surface area contributed by atoms with E-state index in [1.807, 2.05) is 0 Å². The van der Waals surface area contributed by atoms with Gasteiger partial charge in [-0.1, -0.05) is 124 Å². The molecule has 0 fully saturated rings. The zero-order valence-electron chi connectivity index (χ0n) is 35.7. The summed E-state index contributed by atoms with van der Waals surface area (Å²) in [7, 11) is 0. The summed E-state index contributed by atoms with van der Waals surface area (Å²) in [4.78, 5) is 19.3. The van der Waals surface area contributed by atoms with Gasteiger partial charge in [0.2, 0.25) is 0 Å². The molecule has 0 amide bonds. The van der Waals surface area contributed by atoms with Crippen LogP contribution in [0.4, 0.5) is 0 Å². The number of aromatic amines is 2. The normalized spacial score (nSPS) is 13.7. The highest BCUT2D eigenvalue weighted by Gasteiger charge is 2.24. The number of unbranched alkanes of at least 4 members (excludes halogenated alkanes) is 2. The van der Waals surface area contributed by atoms with Crippen molar-refractivity contribution < 1.29 is 0 Å². The molecule has 0 aliphatic carbocycles. The Hall–Kier alpha value is -7.04. The van der Waals surface area contributed by atoms with Crippen molar-refractivity contribution in [1.29, 1.82) is 0 Å². The number of aromatic nitrogens is 4. The predicted molar refractivity (Wildman–Crippen MR) is 267 cm³/mol. The molecular formula is C58H46N4. The SMILES string of the molecule is CCCCC1=C(C)c2cc3[nH]c(cc4nc(cc5[nH]c(cc1n2)c1c2cccc6ccc7cccc(c7c62)c51)C(CCCC)=C4C)c1c2cccc4ccc5cccc(c5c42)c31. The molecule has 0 radical (unpaired) electrons. The van der Waals surface area contributed by atoms with Gasteiger partial charge in [-0.3, -0.25) is 0 Å². The Morgan fingerprint density at radius 2 is 0.677 bits per heavy atom. The summed E-state index contributed by atoms with van der Waals surface area (Å²) in [6.07, 6.45) is 6.41. The molecule has 4 nitrogen and oxygen atoms in total. The Labute approximate surface area is 359 Å². The van der Waals surface area contributed by atoms with Crippen molar-refractivity contribution in [3.05, 3.63) is 144 Å². The molecule has 8 aromatic carbocycles. The molecule has 2 aliphatic rings. The molecule has 298 valence electrons. The number of fused-ring (bicyclic) bond motifs is 18. The first-order valence-corrected chi connectivity index (χ1v) is 22.6. The average molecular weight is 799 g/mol. The first-order chi connectivity index (χ1) is 30.5. The van der Waals surface area contributed by atoms with Crippen LogP contribution in [-0.4, -0.2) is 19.9 Å². The number of allylic oxidation sites excluding steroid dienone is 4. The van der Waals surface area contributed by atoms with Gasteiger partial charge >= 0.3 is 0 Å². The molecular weight excluding hydrogens is 753 g/mol. The molecule has 8 bridgehead atoms. The highest BCUT2D eigenvalue weighted by atomic mass is 14.8. The Balaban J connectivity index is 1.27. The second kappa shape index (κ2) is 13.2. The van der Waals surface area contributed by atoms with E-state index < -0.39 is 0 Å². The number of rotatable bonds is 6. The van der Waals surface area contributed by atoms with Gasteiger partial charge in [0, 0.05) is 43.6 Å². The van der Waals surface area contributed by atoms with Crippen molar-refractivity contribution in [2.24, 2.45) is 0 Å². The predicted octanol–water partition coefficient (Wildman–Crippen LogP) is 16.7. The largest absolute Gasteiger partial charge is 0.354 e. The zero-order valence-corrected chi connectivity index (χ0v) is 35.7. The Morgan fingerprint density at radius 3 is 0.984 bits per heavy atom. The quantitative estimate of drug-likeness (QED) is 0.165. The smallest absolute Gasteiger partial charge is 0.0693 e. The highest BCUT2D eigenvalue weighted by Crippen LogP contribution is 2.47. The molecule has 0 saturated carbocycles. The lowest BCUT2D eigenvalue weighted by Crippen LogP contribution is -1.86. The van der Waals surface area contributed by atoms with Crippen LogP contribution in [0.3, 0.4) is 0 Å². The van der Waals surface area contributed by atoms with Crippen molar-refractivity contribution in [2.75, 3.05) is 0 Å². The number of hydrogen-bond acceptors (Lipinski definition) is 2. The van der Waals surface area contributed by atoms with Crippen LogP contribution in [0.1, 0.15) is 89.0 Å². The summed E-state index contributed by atoms with van der Waals surface area (Å²) in [6, 6.07) is 45.7. The van der Waals surface area contributed by atoms with Gasteiger partial charge in [0.05, 0.1) is 22.8 Å². The lowest BCUT2D eigenvalue weighted by molar-refractivity contribution is 0.824. The minimum absolute atomic E-state index is 0.977. The van der Waals surface area contributed by atoms with E-state index in [0.717, 1.165) is 83.4 Å². The fourth-order valence-electron chi connectivity index (χ4n) is 11.4. The van der Waals surface area contributed by atoms with Crippen LogP contribution in [0.5, 0.6) is 0 Å². The second-order valence-electron chi connectivity index (χ2n) is 17.9. The van der Waals surface area contributed by atoms with E-state index in [1.165, 1.54) is 108 Å². The maximum Gasteiger partial charge on any atom is 0.0693 e. The van der Waals surface area contributed by atoms with Crippen LogP contribution in [0.15, 0.2) is 121 Å². The maximum absolute atomic E-state index is 5.61. The molecule has 0 spiro atoms. The Kier molecular flexibility index (Phi) is 7.62. The van der Waals surface area contributed by atoms with E-state index in [1.54, 1.807) is 0 Å². The summed E-state index contributed by atoms with van der Waals surface area (Å²) in [5.74, 6) is 0. The molecule has 0 saturated heterocycles. The fraction of sp³-hybridized carbons (Fsp3) is 0.172. The third-order valence-electron chi connectivity index (χ3n) is 14.4. The summed E-state index contributed by atoms with van der Waals surface area (Å²) < 4.78 is 0. The molecule has 3 aromatic heterocycles. The summed E-state index contributed by atoms with van der Waals surface area (Å²) >= 11 is 0. The number of H-pyrrole nitrogens is 2. The molecule has 62 heavy (non-hydrogen) atoms. The van der Waals surface area contributed by atoms with E-state index in [2.05, 4.69) is 159 Å². The molecule has 0 unspecified atom stereocenters. The van der Waals surface area contributed by atoms with Crippen LogP contribution >= 0.6 is 0 Å². The van der Waals surface area contributed by atoms with Crippen molar-refractivity contribution in [1.82, 2.24) is 19.9 Å². The summed E-state index contributed by atoms with van der Waals surface area (Å²) in [6.45, 7) is 9.14. The molecule has 4 heteroatoms. The summed E-state index contributed by atoms with van der Waals surface area (Å²) in [5.41, 5.74) is 13.7. The molecule has 2 aliphatic heterocycles. The zero-order chi connectivity index (χ0) is 41.4. The van der Waals surface area contributed by atoms with Crippen molar-refractivity contribution >= 4 is 131 Å². The highest BCUT2D eigenvalue weighted by molar-refractivity contribution is 6.40. The average Bonchev–Trinajstić information content (AvgIpc) is 4.01. The van der Waals surface area contributed by atoms with Crippen LogP contribution in [0.25, 0.3) is 131 Å². The van der Waals surface area contributed by atoms with Crippen molar-refractivity contribution in [3.63, 3.8) is 0 Å². The first kappa shape index (κ1) is 35.7. The van der Waals surface area contributed by atoms with E-state index in [0.29, 0.717) is 0 Å². The summed E-state index contributed by atoms with van der Waals surface area (Å²) in [5, 5.41) is 20.4. The van der Waals surface area contributed by atoms with Gasteiger partial charge in [-0.05, 0) is 151 Å². The van der Waals surface area contributed by atoms with Crippen LogP contribution in [0.2, 0.25) is 0 Å². The molecule has 2 N–H and O–H groups in total. The number of benzene rings is 8. The minimum Gasteiger partial charge on any atom is -0.354 e. The van der Waals surface area contributed by atoms with Crippen LogP contribution in [-0.2, 0) is 0 Å². The maximum atomic E-state index is 5.61. The van der Waals surface area contributed by atoms with Gasteiger partial charge < -0.3 is 9.97 Å². The van der Waals surface area contributed by atoms with Crippen LogP contribution < -0.4 is 0 Å². The third kappa shape index (κ3) is 4.89. The third-order valence-corrected chi connectivity index (χ3v) is 14.4. The Bertz CT molecular complexity index is 3710. The monoisotopic (exact) mass is 798 g/mol. The van der Waals surface area contributed by atoms with Gasteiger partial charge in [0.15, 0.2) is 0 Å². The van der Waals surface area contributed by atoms with E-state index in [-0.39, 0.29) is 0 Å². The number of hydrogen-bond donors (Lipinski definition) is 2. The van der Waals surface area contributed by atoms with Gasteiger partial charge in [-0.2, -0.15) is 0 Å². The van der Waals surface area contributed by atoms with Gasteiger partial charge in [0.1, 0.15) is 0 Å². The van der Waals surface area contributed by atoms with Crippen molar-refractivity contribution in [2.45, 2.75) is 66.2 Å². The lowest BCUT2D eigenvalue weighted by atomic mass is 9.90. The minimum atomic E-state index is 0.977.